The topological polar surface area (TPSA) is 61.9 Å². The number of fused-ring (bicyclic) bond motifs is 2. The number of nitrogens with zero attached hydrogens (tertiary/aromatic N) is 2. The van der Waals surface area contributed by atoms with Gasteiger partial charge in [0.05, 0.1) is 23.4 Å². The molecule has 6 nitrogen and oxygen atoms in total. The summed E-state index contributed by atoms with van der Waals surface area (Å²) in [5, 5.41) is 3.28. The first-order chi connectivity index (χ1) is 14.0. The first-order valence-electron chi connectivity index (χ1n) is 9.82. The van der Waals surface area contributed by atoms with Crippen LogP contribution in [0, 0.1) is 0 Å². The predicted octanol–water partition coefficient (Wildman–Crippen LogP) is 4.39. The van der Waals surface area contributed by atoms with Gasteiger partial charge in [0.1, 0.15) is 11.9 Å². The molecule has 2 amide bonds. The zero-order chi connectivity index (χ0) is 20.5. The highest BCUT2D eigenvalue weighted by atomic mass is 35.5. The number of halogens is 1. The Morgan fingerprint density at radius 3 is 2.76 bits per heavy atom. The third-order valence-electron chi connectivity index (χ3n) is 5.71. The van der Waals surface area contributed by atoms with E-state index < -0.39 is 0 Å². The number of carbonyl (C=O) groups excluding carboxylic acids is 2. The molecule has 2 aromatic rings. The Labute approximate surface area is 175 Å². The first kappa shape index (κ1) is 19.6. The van der Waals surface area contributed by atoms with Gasteiger partial charge in [0, 0.05) is 24.8 Å². The summed E-state index contributed by atoms with van der Waals surface area (Å²) in [6, 6.07) is 10.3. The molecular formula is C22H24ClN3O3. The number of carbonyl (C=O) groups is 2. The Morgan fingerprint density at radius 2 is 2.00 bits per heavy atom. The molecule has 2 aromatic carbocycles. The molecule has 152 valence electrons. The Kier molecular flexibility index (Phi) is 5.37. The maximum absolute atomic E-state index is 13.0. The molecule has 2 aliphatic rings. The van der Waals surface area contributed by atoms with Crippen LogP contribution in [0.25, 0.3) is 0 Å². The Morgan fingerprint density at radius 1 is 1.17 bits per heavy atom. The van der Waals surface area contributed by atoms with Crippen molar-refractivity contribution in [2.75, 3.05) is 30.9 Å². The van der Waals surface area contributed by atoms with Crippen molar-refractivity contribution >= 4 is 34.8 Å². The molecule has 1 saturated heterocycles. The van der Waals surface area contributed by atoms with Crippen molar-refractivity contribution in [2.24, 2.45) is 0 Å². The van der Waals surface area contributed by atoms with Gasteiger partial charge in [0.2, 0.25) is 0 Å². The van der Waals surface area contributed by atoms with E-state index in [4.69, 9.17) is 16.3 Å². The second-order valence-electron chi connectivity index (χ2n) is 7.47. The minimum atomic E-state index is -0.252. The van der Waals surface area contributed by atoms with E-state index >= 15 is 0 Å². The van der Waals surface area contributed by atoms with Crippen LogP contribution in [0.4, 0.5) is 11.4 Å². The van der Waals surface area contributed by atoms with Crippen molar-refractivity contribution in [1.29, 1.82) is 0 Å². The summed E-state index contributed by atoms with van der Waals surface area (Å²) in [7, 11) is 3.54. The van der Waals surface area contributed by atoms with E-state index in [1.807, 2.05) is 11.9 Å². The van der Waals surface area contributed by atoms with E-state index in [0.29, 0.717) is 27.6 Å². The molecule has 2 heterocycles. The van der Waals surface area contributed by atoms with Crippen LogP contribution in [0.2, 0.25) is 5.02 Å². The lowest BCUT2D eigenvalue weighted by molar-refractivity contribution is 0.0661. The summed E-state index contributed by atoms with van der Waals surface area (Å²) in [6.45, 7) is 0.785. The molecule has 7 heteroatoms. The summed E-state index contributed by atoms with van der Waals surface area (Å²) in [5.74, 6) is 0.351. The van der Waals surface area contributed by atoms with Crippen LogP contribution in [0.1, 0.15) is 46.4 Å². The summed E-state index contributed by atoms with van der Waals surface area (Å²) in [4.78, 5) is 29.9. The fourth-order valence-corrected chi connectivity index (χ4v) is 4.40. The molecule has 1 N–H and O–H groups in total. The van der Waals surface area contributed by atoms with Gasteiger partial charge in [-0.3, -0.25) is 9.59 Å². The van der Waals surface area contributed by atoms with Crippen LogP contribution in [0.3, 0.4) is 0 Å². The molecule has 0 aromatic heterocycles. The Balaban J connectivity index is 1.60. The SMILES string of the molecule is COc1ccc(NC(=O)c2ccc3c(c2)N(C)[C@@H]2CCCCCN2C3=O)cc1Cl. The van der Waals surface area contributed by atoms with Crippen LogP contribution in [-0.4, -0.2) is 43.6 Å². The van der Waals surface area contributed by atoms with Crippen LogP contribution >= 0.6 is 11.6 Å². The largest absolute Gasteiger partial charge is 0.495 e. The number of hydrogen-bond acceptors (Lipinski definition) is 4. The van der Waals surface area contributed by atoms with Crippen molar-refractivity contribution in [3.8, 4) is 5.75 Å². The molecule has 0 aliphatic carbocycles. The molecule has 0 bridgehead atoms. The molecule has 0 radical (unpaired) electrons. The van der Waals surface area contributed by atoms with Gasteiger partial charge in [-0.05, 0) is 55.7 Å². The third kappa shape index (κ3) is 3.65. The smallest absolute Gasteiger partial charge is 0.257 e. The van der Waals surface area contributed by atoms with Gasteiger partial charge in [0.25, 0.3) is 11.8 Å². The standard InChI is InChI=1S/C22H24ClN3O3/c1-25-18-12-14(21(27)24-15-8-10-19(29-2)17(23)13-15)7-9-16(18)22(28)26-11-5-3-4-6-20(25)26/h7-10,12-13,20H,3-6,11H2,1-2H3,(H,24,27)/t20-/m0/s1. The predicted molar refractivity (Wildman–Crippen MR) is 114 cm³/mol. The van der Waals surface area contributed by atoms with Gasteiger partial charge < -0.3 is 19.9 Å². The van der Waals surface area contributed by atoms with Crippen molar-refractivity contribution < 1.29 is 14.3 Å². The van der Waals surface area contributed by atoms with E-state index in [9.17, 15) is 9.59 Å². The van der Waals surface area contributed by atoms with Crippen molar-refractivity contribution in [3.63, 3.8) is 0 Å². The second kappa shape index (κ2) is 7.95. The number of ether oxygens (including phenoxy) is 1. The monoisotopic (exact) mass is 413 g/mol. The average molecular weight is 414 g/mol. The zero-order valence-corrected chi connectivity index (χ0v) is 17.3. The summed E-state index contributed by atoms with van der Waals surface area (Å²) in [5.41, 5.74) is 2.53. The highest BCUT2D eigenvalue weighted by molar-refractivity contribution is 6.32. The zero-order valence-electron chi connectivity index (χ0n) is 16.6. The van der Waals surface area contributed by atoms with E-state index in [1.165, 1.54) is 0 Å². The van der Waals surface area contributed by atoms with Gasteiger partial charge in [-0.1, -0.05) is 18.0 Å². The van der Waals surface area contributed by atoms with Crippen molar-refractivity contribution in [2.45, 2.75) is 31.8 Å². The number of nitrogens with one attached hydrogen (secondary N) is 1. The van der Waals surface area contributed by atoms with Crippen LogP contribution in [0.5, 0.6) is 5.75 Å². The summed E-state index contributed by atoms with van der Waals surface area (Å²) >= 11 is 6.14. The number of methoxy groups -OCH3 is 1. The van der Waals surface area contributed by atoms with E-state index in [1.54, 1.807) is 43.5 Å². The molecule has 1 atom stereocenters. The lowest BCUT2D eigenvalue weighted by atomic mass is 10.0. The maximum Gasteiger partial charge on any atom is 0.257 e. The molecule has 29 heavy (non-hydrogen) atoms. The number of rotatable bonds is 3. The molecule has 2 aliphatic heterocycles. The average Bonchev–Trinajstić information content (AvgIpc) is 2.98. The minimum Gasteiger partial charge on any atom is -0.495 e. The van der Waals surface area contributed by atoms with Gasteiger partial charge in [0.15, 0.2) is 0 Å². The van der Waals surface area contributed by atoms with Gasteiger partial charge in [-0.25, -0.2) is 0 Å². The lowest BCUT2D eigenvalue weighted by Gasteiger charge is -2.43. The van der Waals surface area contributed by atoms with Crippen LogP contribution in [-0.2, 0) is 0 Å². The molecule has 1 fully saturated rings. The molecule has 4 rings (SSSR count). The number of anilines is 2. The molecular weight excluding hydrogens is 390 g/mol. The number of hydrogen-bond donors (Lipinski definition) is 1. The number of amides is 2. The van der Waals surface area contributed by atoms with Gasteiger partial charge in [-0.2, -0.15) is 0 Å². The summed E-state index contributed by atoms with van der Waals surface area (Å²) < 4.78 is 5.14. The molecule has 0 unspecified atom stereocenters. The van der Waals surface area contributed by atoms with E-state index in [-0.39, 0.29) is 18.0 Å². The third-order valence-corrected chi connectivity index (χ3v) is 6.00. The van der Waals surface area contributed by atoms with Gasteiger partial charge >= 0.3 is 0 Å². The van der Waals surface area contributed by atoms with E-state index in [2.05, 4.69) is 10.2 Å². The minimum absolute atomic E-state index is 0.0520. The fraction of sp³-hybridized carbons (Fsp3) is 0.364. The van der Waals surface area contributed by atoms with Crippen molar-refractivity contribution in [1.82, 2.24) is 4.90 Å². The second-order valence-corrected chi connectivity index (χ2v) is 7.88. The number of benzene rings is 2. The quantitative estimate of drug-likeness (QED) is 0.810. The van der Waals surface area contributed by atoms with Crippen molar-refractivity contribution in [3.05, 3.63) is 52.5 Å². The highest BCUT2D eigenvalue weighted by Crippen LogP contribution is 2.34. The normalized spacial score (nSPS) is 18.6. The van der Waals surface area contributed by atoms with E-state index in [0.717, 1.165) is 37.9 Å². The van der Waals surface area contributed by atoms with Crippen LogP contribution < -0.4 is 15.0 Å². The summed E-state index contributed by atoms with van der Waals surface area (Å²) in [6.07, 6.45) is 4.28. The lowest BCUT2D eigenvalue weighted by Crippen LogP contribution is -2.53. The Bertz CT molecular complexity index is 962. The fourth-order valence-electron chi connectivity index (χ4n) is 4.14. The highest BCUT2D eigenvalue weighted by Gasteiger charge is 2.36. The maximum atomic E-state index is 13.0. The van der Waals surface area contributed by atoms with Gasteiger partial charge in [-0.15, -0.1) is 0 Å². The van der Waals surface area contributed by atoms with Crippen LogP contribution in [0.15, 0.2) is 36.4 Å². The Hall–Kier alpha value is -2.73. The molecule has 0 saturated carbocycles. The molecule has 0 spiro atoms. The first-order valence-corrected chi connectivity index (χ1v) is 10.2.